The molecule has 0 aliphatic carbocycles. The maximum Gasteiger partial charge on any atom is 0.417 e. The molecular weight excluding hydrogens is 495 g/mol. The fourth-order valence-electron chi connectivity index (χ4n) is 4.58. The van der Waals surface area contributed by atoms with E-state index in [1.807, 2.05) is 31.3 Å². The van der Waals surface area contributed by atoms with Crippen LogP contribution in [-0.2, 0) is 6.18 Å². The molecule has 5 rings (SSSR count). The van der Waals surface area contributed by atoms with Gasteiger partial charge in [-0.3, -0.25) is 0 Å². The highest BCUT2D eigenvalue weighted by atomic mass is 19.4. The SMILES string of the molecule is C[C@@H](Nc1ncc(C#N)c(-c2c[nH]c3ncc(C(F)(F)F)cc23)n1)c1ccc(N2CCC(N(C)C)C2)nc1. The molecule has 0 bridgehead atoms. The molecule has 5 heterocycles. The number of aromatic amines is 1. The van der Waals surface area contributed by atoms with Crippen molar-refractivity contribution in [2.24, 2.45) is 0 Å². The van der Waals surface area contributed by atoms with Gasteiger partial charge < -0.3 is 20.1 Å². The fourth-order valence-corrected chi connectivity index (χ4v) is 4.58. The van der Waals surface area contributed by atoms with Gasteiger partial charge in [0.15, 0.2) is 0 Å². The van der Waals surface area contributed by atoms with Crippen LogP contribution in [0.15, 0.2) is 43.0 Å². The van der Waals surface area contributed by atoms with E-state index in [-0.39, 0.29) is 34.3 Å². The second-order valence-corrected chi connectivity index (χ2v) is 9.56. The Bertz CT molecular complexity index is 1490. The Labute approximate surface area is 217 Å². The van der Waals surface area contributed by atoms with Gasteiger partial charge in [0.05, 0.1) is 29.1 Å². The number of likely N-dealkylation sites (N-methyl/N-ethyl adjacent to an activating group) is 1. The first-order valence-electron chi connectivity index (χ1n) is 12.1. The summed E-state index contributed by atoms with van der Waals surface area (Å²) in [6, 6.07) is 7.31. The topological polar surface area (TPSA) is 110 Å². The van der Waals surface area contributed by atoms with Crippen LogP contribution >= 0.6 is 0 Å². The highest BCUT2D eigenvalue weighted by Crippen LogP contribution is 2.35. The first kappa shape index (κ1) is 25.4. The first-order valence-corrected chi connectivity index (χ1v) is 12.1. The predicted molar refractivity (Wildman–Crippen MR) is 137 cm³/mol. The summed E-state index contributed by atoms with van der Waals surface area (Å²) in [5.41, 5.74) is 0.974. The molecule has 196 valence electrons. The van der Waals surface area contributed by atoms with Crippen LogP contribution in [0.25, 0.3) is 22.3 Å². The maximum atomic E-state index is 13.3. The number of hydrogen-bond donors (Lipinski definition) is 2. The lowest BCUT2D eigenvalue weighted by molar-refractivity contribution is -0.137. The first-order chi connectivity index (χ1) is 18.1. The molecule has 0 radical (unpaired) electrons. The van der Waals surface area contributed by atoms with E-state index in [1.54, 1.807) is 0 Å². The lowest BCUT2D eigenvalue weighted by Crippen LogP contribution is -2.31. The minimum Gasteiger partial charge on any atom is -0.355 e. The number of H-pyrrole nitrogens is 1. The van der Waals surface area contributed by atoms with Gasteiger partial charge in [-0.25, -0.2) is 19.9 Å². The van der Waals surface area contributed by atoms with Gasteiger partial charge in [-0.15, -0.1) is 0 Å². The Hall–Kier alpha value is -4.24. The van der Waals surface area contributed by atoms with Crippen LogP contribution in [0, 0.1) is 11.3 Å². The van der Waals surface area contributed by atoms with Crippen LogP contribution in [-0.4, -0.2) is 63.0 Å². The highest BCUT2D eigenvalue weighted by Gasteiger charge is 2.32. The minimum absolute atomic E-state index is 0.133. The quantitative estimate of drug-likeness (QED) is 0.378. The van der Waals surface area contributed by atoms with E-state index in [1.165, 1.54) is 12.4 Å². The monoisotopic (exact) mass is 521 g/mol. The van der Waals surface area contributed by atoms with Gasteiger partial charge in [0, 0.05) is 48.7 Å². The van der Waals surface area contributed by atoms with Gasteiger partial charge in [0.25, 0.3) is 0 Å². The molecule has 1 unspecified atom stereocenters. The number of fused-ring (bicyclic) bond motifs is 1. The molecule has 1 fully saturated rings. The zero-order valence-electron chi connectivity index (χ0n) is 21.1. The third-order valence-corrected chi connectivity index (χ3v) is 6.86. The van der Waals surface area contributed by atoms with E-state index in [0.29, 0.717) is 11.6 Å². The Kier molecular flexibility index (Phi) is 6.62. The van der Waals surface area contributed by atoms with Crippen molar-refractivity contribution in [3.05, 3.63) is 59.7 Å². The predicted octanol–water partition coefficient (Wildman–Crippen LogP) is 4.62. The number of hydrogen-bond acceptors (Lipinski definition) is 8. The molecule has 1 aliphatic rings. The van der Waals surface area contributed by atoms with Gasteiger partial charge in [-0.1, -0.05) is 6.07 Å². The molecule has 12 heteroatoms. The van der Waals surface area contributed by atoms with Crippen molar-refractivity contribution in [2.45, 2.75) is 31.6 Å². The van der Waals surface area contributed by atoms with Crippen molar-refractivity contribution in [1.29, 1.82) is 5.26 Å². The van der Waals surface area contributed by atoms with E-state index in [2.05, 4.69) is 54.1 Å². The summed E-state index contributed by atoms with van der Waals surface area (Å²) >= 11 is 0. The average molecular weight is 522 g/mol. The van der Waals surface area contributed by atoms with Gasteiger partial charge in [-0.2, -0.15) is 18.4 Å². The second-order valence-electron chi connectivity index (χ2n) is 9.56. The number of pyridine rings is 2. The molecule has 0 saturated carbocycles. The molecule has 38 heavy (non-hydrogen) atoms. The summed E-state index contributed by atoms with van der Waals surface area (Å²) in [7, 11) is 4.17. The van der Waals surface area contributed by atoms with Crippen LogP contribution in [0.1, 0.15) is 36.1 Å². The number of anilines is 2. The highest BCUT2D eigenvalue weighted by molar-refractivity contribution is 5.94. The molecular formula is C26H26F3N9. The Morgan fingerprint density at radius 3 is 2.66 bits per heavy atom. The van der Waals surface area contributed by atoms with E-state index in [4.69, 9.17) is 0 Å². The van der Waals surface area contributed by atoms with Crippen molar-refractivity contribution in [2.75, 3.05) is 37.4 Å². The van der Waals surface area contributed by atoms with Crippen LogP contribution in [0.3, 0.4) is 0 Å². The largest absolute Gasteiger partial charge is 0.417 e. The number of nitrogens with zero attached hydrogens (tertiary/aromatic N) is 7. The minimum atomic E-state index is -4.55. The van der Waals surface area contributed by atoms with Gasteiger partial charge in [0.1, 0.15) is 17.5 Å². The molecule has 4 aromatic heterocycles. The van der Waals surface area contributed by atoms with E-state index in [9.17, 15) is 18.4 Å². The summed E-state index contributed by atoms with van der Waals surface area (Å²) in [6.07, 6.45) is 1.98. The van der Waals surface area contributed by atoms with E-state index in [0.717, 1.165) is 43.2 Å². The van der Waals surface area contributed by atoms with Gasteiger partial charge in [-0.05, 0) is 45.1 Å². The standard InChI is InChI=1S/C26H26F3N9/c1-15(16-4-5-22(31-10-16)38-7-6-19(14-38)37(2)3)35-25-34-11-17(9-30)23(36-25)21-13-33-24-20(21)8-18(12-32-24)26(27,28)29/h4-5,8,10-13,15,19H,6-7,14H2,1-3H3,(H,32,33)(H,34,35,36)/t15-,19?/m1/s1. The summed E-state index contributed by atoms with van der Waals surface area (Å²) in [4.78, 5) is 24.6. The smallest absolute Gasteiger partial charge is 0.355 e. The third kappa shape index (κ3) is 4.97. The molecule has 0 amide bonds. The lowest BCUT2D eigenvalue weighted by atomic mass is 10.1. The molecule has 9 nitrogen and oxygen atoms in total. The zero-order valence-corrected chi connectivity index (χ0v) is 21.1. The molecule has 4 aromatic rings. The van der Waals surface area contributed by atoms with Crippen molar-refractivity contribution in [3.8, 4) is 17.3 Å². The normalized spacial score (nSPS) is 16.7. The van der Waals surface area contributed by atoms with Gasteiger partial charge in [0.2, 0.25) is 5.95 Å². The van der Waals surface area contributed by atoms with Crippen molar-refractivity contribution in [1.82, 2.24) is 29.8 Å². The molecule has 1 aliphatic heterocycles. The summed E-state index contributed by atoms with van der Waals surface area (Å²) in [5, 5.41) is 13.0. The summed E-state index contributed by atoms with van der Waals surface area (Å²) in [5.74, 6) is 1.16. The molecule has 0 spiro atoms. The maximum absolute atomic E-state index is 13.3. The number of rotatable bonds is 6. The molecule has 0 aromatic carbocycles. The molecule has 1 saturated heterocycles. The number of alkyl halides is 3. The summed E-state index contributed by atoms with van der Waals surface area (Å²) < 4.78 is 39.9. The zero-order chi connectivity index (χ0) is 27.0. The van der Waals surface area contributed by atoms with Gasteiger partial charge >= 0.3 is 6.18 Å². The number of nitriles is 1. The summed E-state index contributed by atoms with van der Waals surface area (Å²) in [6.45, 7) is 3.82. The van der Waals surface area contributed by atoms with Crippen molar-refractivity contribution < 1.29 is 13.2 Å². The Morgan fingerprint density at radius 1 is 1.18 bits per heavy atom. The van der Waals surface area contributed by atoms with Crippen LogP contribution < -0.4 is 10.2 Å². The molecule has 2 N–H and O–H groups in total. The van der Waals surface area contributed by atoms with Crippen LogP contribution in [0.2, 0.25) is 0 Å². The second kappa shape index (κ2) is 9.90. The average Bonchev–Trinajstić information content (AvgIpc) is 3.56. The van der Waals surface area contributed by atoms with Crippen LogP contribution in [0.4, 0.5) is 24.9 Å². The Balaban J connectivity index is 1.38. The van der Waals surface area contributed by atoms with Crippen molar-refractivity contribution >= 4 is 22.8 Å². The molecule has 2 atom stereocenters. The number of aromatic nitrogens is 5. The Morgan fingerprint density at radius 2 is 2.00 bits per heavy atom. The third-order valence-electron chi connectivity index (χ3n) is 6.86. The fraction of sp³-hybridized carbons (Fsp3) is 0.346. The number of halogens is 3. The van der Waals surface area contributed by atoms with Crippen molar-refractivity contribution in [3.63, 3.8) is 0 Å². The van der Waals surface area contributed by atoms with Crippen LogP contribution in [0.5, 0.6) is 0 Å². The van der Waals surface area contributed by atoms with E-state index >= 15 is 0 Å². The van der Waals surface area contributed by atoms with E-state index < -0.39 is 11.7 Å². The lowest BCUT2D eigenvalue weighted by Gasteiger charge is -2.21. The number of nitrogens with one attached hydrogen (secondary N) is 2.